The molecule has 0 aromatic heterocycles. The summed E-state index contributed by atoms with van der Waals surface area (Å²) >= 11 is 0. The summed E-state index contributed by atoms with van der Waals surface area (Å²) in [6.45, 7) is 13.9. The molecule has 2 rings (SSSR count). The zero-order valence-corrected chi connectivity index (χ0v) is 18.7. The molecular formula is C18H37IN4O3. The number of hydrogen-bond donors (Lipinski definition) is 2. The van der Waals surface area contributed by atoms with Gasteiger partial charge >= 0.3 is 0 Å². The second kappa shape index (κ2) is 14.8. The average molecular weight is 484 g/mol. The number of nitrogens with zero attached hydrogens (tertiary/aromatic N) is 2. The maximum Gasteiger partial charge on any atom is 0.191 e. The maximum atomic E-state index is 5.74. The lowest BCUT2D eigenvalue weighted by Gasteiger charge is -2.31. The minimum absolute atomic E-state index is 0. The van der Waals surface area contributed by atoms with Gasteiger partial charge in [0.05, 0.1) is 33.0 Å². The molecule has 2 unspecified atom stereocenters. The van der Waals surface area contributed by atoms with Crippen LogP contribution in [0.25, 0.3) is 0 Å². The summed E-state index contributed by atoms with van der Waals surface area (Å²) in [5.74, 6) is 1.49. The van der Waals surface area contributed by atoms with Crippen molar-refractivity contribution in [3.05, 3.63) is 0 Å². The molecule has 0 bridgehead atoms. The third kappa shape index (κ3) is 9.68. The number of morpholine rings is 1. The summed E-state index contributed by atoms with van der Waals surface area (Å²) in [5.41, 5.74) is 0. The van der Waals surface area contributed by atoms with Gasteiger partial charge in [-0.05, 0) is 26.7 Å². The first-order valence-electron chi connectivity index (χ1n) is 9.79. The van der Waals surface area contributed by atoms with Gasteiger partial charge in [-0.3, -0.25) is 9.89 Å². The van der Waals surface area contributed by atoms with Crippen molar-refractivity contribution in [3.8, 4) is 0 Å². The molecular weight excluding hydrogens is 447 g/mol. The molecule has 0 saturated carbocycles. The lowest BCUT2D eigenvalue weighted by Crippen LogP contribution is -2.44. The summed E-state index contributed by atoms with van der Waals surface area (Å²) in [4.78, 5) is 7.17. The molecule has 0 amide bonds. The van der Waals surface area contributed by atoms with E-state index in [1.54, 1.807) is 0 Å². The predicted octanol–water partition coefficient (Wildman–Crippen LogP) is 1.32. The molecule has 7 nitrogen and oxygen atoms in total. The van der Waals surface area contributed by atoms with Gasteiger partial charge in [0.2, 0.25) is 0 Å². The van der Waals surface area contributed by atoms with Crippen LogP contribution in [-0.2, 0) is 14.2 Å². The molecule has 0 aromatic rings. The maximum absolute atomic E-state index is 5.74. The number of halogens is 1. The van der Waals surface area contributed by atoms with Crippen molar-refractivity contribution in [1.29, 1.82) is 0 Å². The van der Waals surface area contributed by atoms with Gasteiger partial charge in [-0.15, -0.1) is 24.0 Å². The van der Waals surface area contributed by atoms with E-state index in [4.69, 9.17) is 19.2 Å². The Hall–Kier alpha value is -0.160. The second-order valence-corrected chi connectivity index (χ2v) is 6.80. The number of rotatable bonds is 10. The molecule has 2 N–H and O–H groups in total. The minimum Gasteiger partial charge on any atom is -0.381 e. The first-order valence-corrected chi connectivity index (χ1v) is 9.79. The van der Waals surface area contributed by atoms with Crippen molar-refractivity contribution in [2.45, 2.75) is 32.7 Å². The van der Waals surface area contributed by atoms with Gasteiger partial charge in [-0.2, -0.15) is 0 Å². The van der Waals surface area contributed by atoms with E-state index in [2.05, 4.69) is 29.4 Å². The molecule has 2 atom stereocenters. The molecule has 0 radical (unpaired) electrons. The molecule has 26 heavy (non-hydrogen) atoms. The van der Waals surface area contributed by atoms with E-state index in [1.807, 2.05) is 0 Å². The number of aliphatic imine (C=N–C) groups is 1. The van der Waals surface area contributed by atoms with Crippen LogP contribution in [0.2, 0.25) is 0 Å². The fourth-order valence-corrected chi connectivity index (χ4v) is 3.04. The topological polar surface area (TPSA) is 67.4 Å². The second-order valence-electron chi connectivity index (χ2n) is 6.80. The Morgan fingerprint density at radius 1 is 1.23 bits per heavy atom. The Labute approximate surface area is 175 Å². The SMILES string of the molecule is CCNC(=NCC(C)N1CCOCC1)NCCCOCC1CCOC1.I. The highest BCUT2D eigenvalue weighted by Crippen LogP contribution is 2.12. The van der Waals surface area contributed by atoms with Crippen molar-refractivity contribution in [1.82, 2.24) is 15.5 Å². The van der Waals surface area contributed by atoms with Crippen molar-refractivity contribution in [2.75, 3.05) is 72.4 Å². The number of ether oxygens (including phenoxy) is 3. The fourth-order valence-electron chi connectivity index (χ4n) is 3.04. The Morgan fingerprint density at radius 3 is 2.73 bits per heavy atom. The Balaban J connectivity index is 0.00000338. The van der Waals surface area contributed by atoms with Crippen LogP contribution in [0.4, 0.5) is 0 Å². The normalized spacial score (nSPS) is 22.7. The van der Waals surface area contributed by atoms with Crippen LogP contribution in [0, 0.1) is 5.92 Å². The zero-order chi connectivity index (χ0) is 17.7. The van der Waals surface area contributed by atoms with E-state index in [-0.39, 0.29) is 24.0 Å². The molecule has 2 heterocycles. The van der Waals surface area contributed by atoms with E-state index in [9.17, 15) is 0 Å². The van der Waals surface area contributed by atoms with Crippen molar-refractivity contribution < 1.29 is 14.2 Å². The quantitative estimate of drug-likeness (QED) is 0.211. The monoisotopic (exact) mass is 484 g/mol. The largest absolute Gasteiger partial charge is 0.381 e. The summed E-state index contributed by atoms with van der Waals surface area (Å²) in [6, 6.07) is 0.441. The smallest absolute Gasteiger partial charge is 0.191 e. The number of guanidine groups is 1. The van der Waals surface area contributed by atoms with Crippen LogP contribution in [0.3, 0.4) is 0 Å². The van der Waals surface area contributed by atoms with Crippen LogP contribution in [0.1, 0.15) is 26.7 Å². The van der Waals surface area contributed by atoms with Gasteiger partial charge in [0.15, 0.2) is 5.96 Å². The molecule has 2 fully saturated rings. The first kappa shape index (κ1) is 23.9. The van der Waals surface area contributed by atoms with Gasteiger partial charge in [-0.25, -0.2) is 0 Å². The summed E-state index contributed by atoms with van der Waals surface area (Å²) in [6.07, 6.45) is 2.12. The van der Waals surface area contributed by atoms with Crippen molar-refractivity contribution >= 4 is 29.9 Å². The summed E-state index contributed by atoms with van der Waals surface area (Å²) in [7, 11) is 0. The standard InChI is InChI=1S/C18H36N4O3.HI/c1-3-19-18(21-13-16(2)22-7-11-23-12-8-22)20-6-4-9-24-14-17-5-10-25-15-17;/h16-17H,3-15H2,1-2H3,(H2,19,20,21);1H. The highest BCUT2D eigenvalue weighted by Gasteiger charge is 2.17. The van der Waals surface area contributed by atoms with Gasteiger partial charge in [0.1, 0.15) is 0 Å². The lowest BCUT2D eigenvalue weighted by atomic mass is 10.1. The Kier molecular flexibility index (Phi) is 13.6. The molecule has 0 aliphatic carbocycles. The molecule has 8 heteroatoms. The summed E-state index contributed by atoms with van der Waals surface area (Å²) in [5, 5.41) is 6.71. The molecule has 2 aliphatic heterocycles. The zero-order valence-electron chi connectivity index (χ0n) is 16.4. The van der Waals surface area contributed by atoms with E-state index in [0.29, 0.717) is 12.0 Å². The van der Waals surface area contributed by atoms with Crippen LogP contribution in [0.5, 0.6) is 0 Å². The molecule has 2 saturated heterocycles. The van der Waals surface area contributed by atoms with Crippen LogP contribution in [0.15, 0.2) is 4.99 Å². The molecule has 0 aromatic carbocycles. The first-order chi connectivity index (χ1) is 12.3. The third-order valence-electron chi connectivity index (χ3n) is 4.66. The third-order valence-corrected chi connectivity index (χ3v) is 4.66. The van der Waals surface area contributed by atoms with Gasteiger partial charge in [-0.1, -0.05) is 0 Å². The molecule has 154 valence electrons. The van der Waals surface area contributed by atoms with Crippen LogP contribution in [-0.4, -0.2) is 89.3 Å². The van der Waals surface area contributed by atoms with E-state index < -0.39 is 0 Å². The highest BCUT2D eigenvalue weighted by atomic mass is 127. The van der Waals surface area contributed by atoms with Gasteiger partial charge in [0.25, 0.3) is 0 Å². The van der Waals surface area contributed by atoms with Gasteiger partial charge < -0.3 is 24.8 Å². The highest BCUT2D eigenvalue weighted by molar-refractivity contribution is 14.0. The van der Waals surface area contributed by atoms with Crippen LogP contribution >= 0.6 is 24.0 Å². The molecule has 0 spiro atoms. The van der Waals surface area contributed by atoms with Crippen LogP contribution < -0.4 is 10.6 Å². The van der Waals surface area contributed by atoms with Gasteiger partial charge in [0, 0.05) is 51.4 Å². The molecule has 2 aliphatic rings. The minimum atomic E-state index is 0. The fraction of sp³-hybridized carbons (Fsp3) is 0.944. The van der Waals surface area contributed by atoms with Crippen molar-refractivity contribution in [3.63, 3.8) is 0 Å². The van der Waals surface area contributed by atoms with Crippen molar-refractivity contribution in [2.24, 2.45) is 10.9 Å². The number of nitrogens with one attached hydrogen (secondary N) is 2. The summed E-state index contributed by atoms with van der Waals surface area (Å²) < 4.78 is 16.5. The number of hydrogen-bond acceptors (Lipinski definition) is 5. The van der Waals surface area contributed by atoms with E-state index in [0.717, 1.165) is 91.2 Å². The van der Waals surface area contributed by atoms with E-state index >= 15 is 0 Å². The average Bonchev–Trinajstić information content (AvgIpc) is 3.16. The lowest BCUT2D eigenvalue weighted by molar-refractivity contribution is 0.0220. The van der Waals surface area contributed by atoms with E-state index in [1.165, 1.54) is 0 Å². The Morgan fingerprint density at radius 2 is 2.04 bits per heavy atom. The predicted molar refractivity (Wildman–Crippen MR) is 116 cm³/mol. The Bertz CT molecular complexity index is 375.